The first-order chi connectivity index (χ1) is 18.5. The second-order valence-corrected chi connectivity index (χ2v) is 11.3. The van der Waals surface area contributed by atoms with E-state index in [1.165, 1.54) is 29.4 Å². The van der Waals surface area contributed by atoms with Crippen molar-refractivity contribution in [3.8, 4) is 17.0 Å². The van der Waals surface area contributed by atoms with Crippen LogP contribution in [0.25, 0.3) is 11.3 Å². The molecule has 0 bridgehead atoms. The summed E-state index contributed by atoms with van der Waals surface area (Å²) in [6.45, 7) is 2.67. The number of fused-ring (bicyclic) bond motifs is 1. The molecule has 2 aromatic carbocycles. The van der Waals surface area contributed by atoms with Crippen LogP contribution in [0, 0.1) is 0 Å². The van der Waals surface area contributed by atoms with Crippen molar-refractivity contribution in [3.05, 3.63) is 60.2 Å². The van der Waals surface area contributed by atoms with Gasteiger partial charge < -0.3 is 14.5 Å². The van der Waals surface area contributed by atoms with Crippen molar-refractivity contribution in [1.29, 1.82) is 0 Å². The van der Waals surface area contributed by atoms with Crippen LogP contribution in [0.1, 0.15) is 12.5 Å². The van der Waals surface area contributed by atoms with Crippen LogP contribution in [0.5, 0.6) is 5.75 Å². The summed E-state index contributed by atoms with van der Waals surface area (Å²) in [5.74, 6) is -0.662. The average Bonchev–Trinajstić information content (AvgIpc) is 3.26. The fourth-order valence-corrected chi connectivity index (χ4v) is 6.49. The Morgan fingerprint density at radius 3 is 2.36 bits per heavy atom. The zero-order valence-corrected chi connectivity index (χ0v) is 22.0. The number of hydrogen-bond acceptors (Lipinski definition) is 7. The second-order valence-electron chi connectivity index (χ2n) is 9.38. The molecule has 2 aliphatic heterocycles. The zero-order valence-electron chi connectivity index (χ0n) is 21.2. The van der Waals surface area contributed by atoms with Crippen LogP contribution >= 0.6 is 0 Å². The van der Waals surface area contributed by atoms with Gasteiger partial charge in [0.25, 0.3) is 0 Å². The molecule has 0 aliphatic carbocycles. The molecule has 0 spiro atoms. The smallest absolute Gasteiger partial charge is 0.471 e. The van der Waals surface area contributed by atoms with Crippen molar-refractivity contribution in [2.24, 2.45) is 0 Å². The Hall–Kier alpha value is -3.71. The lowest BCUT2D eigenvalue weighted by molar-refractivity contribution is -0.170. The molecule has 1 saturated heterocycles. The highest BCUT2D eigenvalue weighted by Gasteiger charge is 2.47. The van der Waals surface area contributed by atoms with Gasteiger partial charge in [-0.2, -0.15) is 17.5 Å². The SMILES string of the molecule is COc1ccccc1-c1ccc(N2CCN(S(=O)(=O)c3ccc4c(c3)CC(C)N4C(=O)C(F)(F)F)CC2)nn1. The Morgan fingerprint density at radius 1 is 1.00 bits per heavy atom. The summed E-state index contributed by atoms with van der Waals surface area (Å²) in [5.41, 5.74) is 1.94. The molecule has 2 aliphatic rings. The third-order valence-corrected chi connectivity index (χ3v) is 8.86. The Labute approximate surface area is 223 Å². The van der Waals surface area contributed by atoms with Crippen LogP contribution in [0.4, 0.5) is 24.7 Å². The number of amides is 1. The standard InChI is InChI=1S/C26H26F3N5O4S/c1-17-15-18-16-19(7-9-22(18)34(17)25(35)26(27,28)29)39(36,37)33-13-11-32(12-14-33)24-10-8-21(30-31-24)20-5-3-4-6-23(20)38-2/h3-10,16-17H,11-15H2,1-2H3. The summed E-state index contributed by atoms with van der Waals surface area (Å²) in [4.78, 5) is 14.5. The fraction of sp³-hybridized carbons (Fsp3) is 0.346. The molecule has 9 nitrogen and oxygen atoms in total. The molecular weight excluding hydrogens is 535 g/mol. The van der Waals surface area contributed by atoms with Crippen LogP contribution in [0.2, 0.25) is 0 Å². The summed E-state index contributed by atoms with van der Waals surface area (Å²) < 4.78 is 72.6. The number of para-hydroxylation sites is 1. The molecule has 0 saturated carbocycles. The monoisotopic (exact) mass is 561 g/mol. The van der Waals surface area contributed by atoms with Crippen LogP contribution < -0.4 is 14.5 Å². The number of carbonyl (C=O) groups is 1. The molecule has 39 heavy (non-hydrogen) atoms. The van der Waals surface area contributed by atoms with Crippen molar-refractivity contribution in [1.82, 2.24) is 14.5 Å². The van der Waals surface area contributed by atoms with Crippen LogP contribution in [-0.4, -0.2) is 74.3 Å². The van der Waals surface area contributed by atoms with Gasteiger partial charge in [0.1, 0.15) is 5.75 Å². The van der Waals surface area contributed by atoms with Crippen LogP contribution in [0.3, 0.4) is 0 Å². The molecule has 1 fully saturated rings. The van der Waals surface area contributed by atoms with Gasteiger partial charge in [0, 0.05) is 43.5 Å². The van der Waals surface area contributed by atoms with Gasteiger partial charge in [0.15, 0.2) is 5.82 Å². The lowest BCUT2D eigenvalue weighted by Gasteiger charge is -2.34. The summed E-state index contributed by atoms with van der Waals surface area (Å²) in [7, 11) is -2.31. The number of piperazine rings is 1. The quantitative estimate of drug-likeness (QED) is 0.471. The van der Waals surface area contributed by atoms with E-state index in [-0.39, 0.29) is 30.1 Å². The zero-order chi connectivity index (χ0) is 27.9. The van der Waals surface area contributed by atoms with Crippen LogP contribution in [-0.2, 0) is 21.2 Å². The van der Waals surface area contributed by atoms with Crippen molar-refractivity contribution in [2.75, 3.05) is 43.1 Å². The van der Waals surface area contributed by atoms with E-state index in [9.17, 15) is 26.4 Å². The number of benzene rings is 2. The van der Waals surface area contributed by atoms with Gasteiger partial charge in [-0.1, -0.05) is 12.1 Å². The highest BCUT2D eigenvalue weighted by molar-refractivity contribution is 7.89. The van der Waals surface area contributed by atoms with E-state index < -0.39 is 28.1 Å². The average molecular weight is 562 g/mol. The van der Waals surface area contributed by atoms with Crippen LogP contribution in [0.15, 0.2) is 59.5 Å². The maximum Gasteiger partial charge on any atom is 0.471 e. The normalized spacial score (nSPS) is 18.2. The minimum absolute atomic E-state index is 0.0100. The Balaban J connectivity index is 1.28. The topological polar surface area (TPSA) is 95.9 Å². The van der Waals surface area contributed by atoms with E-state index >= 15 is 0 Å². The molecule has 1 amide bonds. The van der Waals surface area contributed by atoms with E-state index in [1.807, 2.05) is 41.3 Å². The van der Waals surface area contributed by atoms with Gasteiger partial charge in [-0.15, -0.1) is 10.2 Å². The summed E-state index contributed by atoms with van der Waals surface area (Å²) >= 11 is 0. The largest absolute Gasteiger partial charge is 0.496 e. The minimum atomic E-state index is -5.01. The number of halogens is 3. The van der Waals surface area contributed by atoms with Crippen molar-refractivity contribution >= 4 is 27.4 Å². The number of methoxy groups -OCH3 is 1. The van der Waals surface area contributed by atoms with E-state index in [1.54, 1.807) is 7.11 Å². The van der Waals surface area contributed by atoms with Crippen molar-refractivity contribution < 1.29 is 31.1 Å². The van der Waals surface area contributed by atoms with E-state index in [0.29, 0.717) is 40.8 Å². The summed E-state index contributed by atoms with van der Waals surface area (Å²) in [6, 6.07) is 14.3. The molecule has 3 aromatic rings. The molecule has 206 valence electrons. The van der Waals surface area contributed by atoms with E-state index in [4.69, 9.17) is 4.74 Å². The molecule has 1 aromatic heterocycles. The first-order valence-electron chi connectivity index (χ1n) is 12.3. The highest BCUT2D eigenvalue weighted by atomic mass is 32.2. The molecule has 0 N–H and O–H groups in total. The molecule has 5 rings (SSSR count). The highest BCUT2D eigenvalue weighted by Crippen LogP contribution is 2.37. The number of carbonyl (C=O) groups excluding carboxylic acids is 1. The molecule has 3 heterocycles. The van der Waals surface area contributed by atoms with Gasteiger partial charge >= 0.3 is 12.1 Å². The molecule has 0 radical (unpaired) electrons. The first kappa shape index (κ1) is 26.9. The first-order valence-corrected chi connectivity index (χ1v) is 13.7. The van der Waals surface area contributed by atoms with E-state index in [2.05, 4.69) is 10.2 Å². The fourth-order valence-electron chi connectivity index (χ4n) is 5.01. The predicted molar refractivity (Wildman–Crippen MR) is 138 cm³/mol. The van der Waals surface area contributed by atoms with Crippen molar-refractivity contribution in [3.63, 3.8) is 0 Å². The molecule has 13 heteroatoms. The molecule has 1 unspecified atom stereocenters. The van der Waals surface area contributed by atoms with Crippen molar-refractivity contribution in [2.45, 2.75) is 30.5 Å². The lowest BCUT2D eigenvalue weighted by atomic mass is 10.1. The maximum atomic E-state index is 13.4. The van der Waals surface area contributed by atoms with Gasteiger partial charge in [0.05, 0.1) is 17.7 Å². The predicted octanol–water partition coefficient (Wildman–Crippen LogP) is 3.50. The maximum absolute atomic E-state index is 13.4. The number of anilines is 2. The van der Waals surface area contributed by atoms with Gasteiger partial charge in [-0.25, -0.2) is 8.42 Å². The Bertz CT molecular complexity index is 1490. The number of ether oxygens (including phenoxy) is 1. The van der Waals surface area contributed by atoms with E-state index in [0.717, 1.165) is 5.56 Å². The number of sulfonamides is 1. The summed E-state index contributed by atoms with van der Waals surface area (Å²) in [5, 5.41) is 8.64. The molecule has 1 atom stereocenters. The minimum Gasteiger partial charge on any atom is -0.496 e. The lowest BCUT2D eigenvalue weighted by Crippen LogP contribution is -2.49. The Kier molecular flexibility index (Phi) is 6.97. The molecular formula is C26H26F3N5O4S. The summed E-state index contributed by atoms with van der Waals surface area (Å²) in [6.07, 6.45) is -4.88. The number of nitrogens with zero attached hydrogens (tertiary/aromatic N) is 5. The third-order valence-electron chi connectivity index (χ3n) is 6.96. The third kappa shape index (κ3) is 5.03. The number of rotatable bonds is 5. The number of alkyl halides is 3. The second kappa shape index (κ2) is 10.1. The number of hydrogen-bond donors (Lipinski definition) is 0. The van der Waals surface area contributed by atoms with Gasteiger partial charge in [-0.05, 0) is 61.4 Å². The Morgan fingerprint density at radius 2 is 1.72 bits per heavy atom. The van der Waals surface area contributed by atoms with Gasteiger partial charge in [0.2, 0.25) is 10.0 Å². The van der Waals surface area contributed by atoms with Gasteiger partial charge in [-0.3, -0.25) is 4.79 Å². The number of aromatic nitrogens is 2.